The quantitative estimate of drug-likeness (QED) is 0.662. The Hall–Kier alpha value is -1.33. The summed E-state index contributed by atoms with van der Waals surface area (Å²) in [6.07, 6.45) is 2.01. The zero-order valence-electron chi connectivity index (χ0n) is 12.5. The van der Waals surface area contributed by atoms with Crippen molar-refractivity contribution < 1.29 is 0 Å². The molecule has 0 aliphatic carbocycles. The fourth-order valence-electron chi connectivity index (χ4n) is 2.68. The normalized spacial score (nSPS) is 13.1. The number of aromatic nitrogens is 4. The second kappa shape index (κ2) is 5.81. The molecule has 0 N–H and O–H groups in total. The van der Waals surface area contributed by atoms with E-state index in [0.29, 0.717) is 0 Å². The van der Waals surface area contributed by atoms with Crippen LogP contribution in [0.15, 0.2) is 17.5 Å². The SMILES string of the molecule is CCCc1nn(C)c2c1nc(C(C)Cl)n2Cc1cccs1. The second-order valence-corrected chi connectivity index (χ2v) is 6.93. The second-order valence-electron chi connectivity index (χ2n) is 5.24. The summed E-state index contributed by atoms with van der Waals surface area (Å²) in [6.45, 7) is 4.93. The number of nitrogens with zero attached hydrogens (tertiary/aromatic N) is 4. The van der Waals surface area contributed by atoms with Crippen LogP contribution in [0.4, 0.5) is 0 Å². The van der Waals surface area contributed by atoms with Crippen LogP contribution in [-0.2, 0) is 20.0 Å². The van der Waals surface area contributed by atoms with Crippen LogP contribution < -0.4 is 0 Å². The van der Waals surface area contributed by atoms with Crippen molar-refractivity contribution in [1.29, 1.82) is 0 Å². The Labute approximate surface area is 133 Å². The summed E-state index contributed by atoms with van der Waals surface area (Å²) in [4.78, 5) is 6.08. The van der Waals surface area contributed by atoms with Gasteiger partial charge in [0.25, 0.3) is 0 Å². The zero-order chi connectivity index (χ0) is 15.0. The van der Waals surface area contributed by atoms with Gasteiger partial charge in [0.1, 0.15) is 11.3 Å². The smallest absolute Gasteiger partial charge is 0.159 e. The molecule has 4 nitrogen and oxygen atoms in total. The van der Waals surface area contributed by atoms with Gasteiger partial charge < -0.3 is 4.57 Å². The molecule has 3 aromatic rings. The van der Waals surface area contributed by atoms with E-state index in [1.165, 1.54) is 4.88 Å². The molecule has 0 aliphatic heterocycles. The lowest BCUT2D eigenvalue weighted by atomic mass is 10.2. The molecule has 1 atom stereocenters. The topological polar surface area (TPSA) is 35.6 Å². The standard InChI is InChI=1S/C15H19ClN4S/c1-4-6-12-13-15(19(3)18-12)20(14(17-13)10(2)16)9-11-7-5-8-21-11/h5,7-8,10H,4,6,9H2,1-3H3. The molecule has 1 unspecified atom stereocenters. The van der Waals surface area contributed by atoms with Gasteiger partial charge in [-0.2, -0.15) is 5.10 Å². The van der Waals surface area contributed by atoms with Gasteiger partial charge in [0.2, 0.25) is 0 Å². The molecule has 0 aliphatic rings. The number of halogens is 1. The van der Waals surface area contributed by atoms with E-state index in [0.717, 1.165) is 42.1 Å². The van der Waals surface area contributed by atoms with Crippen LogP contribution in [0.5, 0.6) is 0 Å². The average Bonchev–Trinajstić information content (AvgIpc) is 3.11. The molecule has 6 heteroatoms. The number of hydrogen-bond donors (Lipinski definition) is 0. The van der Waals surface area contributed by atoms with Crippen molar-refractivity contribution in [3.05, 3.63) is 33.9 Å². The van der Waals surface area contributed by atoms with Gasteiger partial charge in [0.15, 0.2) is 5.65 Å². The Balaban J connectivity index is 2.17. The van der Waals surface area contributed by atoms with Crippen LogP contribution >= 0.6 is 22.9 Å². The lowest BCUT2D eigenvalue weighted by Crippen LogP contribution is -2.08. The van der Waals surface area contributed by atoms with Crippen molar-refractivity contribution in [2.24, 2.45) is 7.05 Å². The minimum absolute atomic E-state index is 0.119. The highest BCUT2D eigenvalue weighted by molar-refractivity contribution is 7.09. The number of fused-ring (bicyclic) bond motifs is 1. The van der Waals surface area contributed by atoms with Crippen LogP contribution in [0.1, 0.15) is 42.0 Å². The molecule has 0 amide bonds. The van der Waals surface area contributed by atoms with Crippen LogP contribution in [-0.4, -0.2) is 19.3 Å². The lowest BCUT2D eigenvalue weighted by Gasteiger charge is -2.09. The van der Waals surface area contributed by atoms with Gasteiger partial charge in [0.05, 0.1) is 17.6 Å². The highest BCUT2D eigenvalue weighted by Gasteiger charge is 2.21. The Morgan fingerprint density at radius 1 is 1.43 bits per heavy atom. The zero-order valence-corrected chi connectivity index (χ0v) is 14.1. The minimum Gasteiger partial charge on any atom is -0.306 e. The van der Waals surface area contributed by atoms with Gasteiger partial charge in [-0.15, -0.1) is 22.9 Å². The first kappa shape index (κ1) is 14.6. The fourth-order valence-corrected chi connectivity index (χ4v) is 3.54. The summed E-state index contributed by atoms with van der Waals surface area (Å²) in [7, 11) is 1.98. The minimum atomic E-state index is -0.119. The van der Waals surface area contributed by atoms with Crippen LogP contribution in [0.25, 0.3) is 11.2 Å². The van der Waals surface area contributed by atoms with Crippen molar-refractivity contribution in [2.75, 3.05) is 0 Å². The number of aryl methyl sites for hydroxylation is 2. The van der Waals surface area contributed by atoms with E-state index in [1.54, 1.807) is 11.3 Å². The van der Waals surface area contributed by atoms with Crippen LogP contribution in [0.2, 0.25) is 0 Å². The lowest BCUT2D eigenvalue weighted by molar-refractivity contribution is 0.683. The number of rotatable bonds is 5. The summed E-state index contributed by atoms with van der Waals surface area (Å²) < 4.78 is 4.13. The monoisotopic (exact) mass is 322 g/mol. The number of hydrogen-bond acceptors (Lipinski definition) is 3. The molecule has 0 saturated carbocycles. The molecule has 0 fully saturated rings. The average molecular weight is 323 g/mol. The number of imidazole rings is 1. The van der Waals surface area contributed by atoms with Crippen molar-refractivity contribution in [3.63, 3.8) is 0 Å². The molecule has 3 rings (SSSR count). The summed E-state index contributed by atoms with van der Waals surface area (Å²) in [5.74, 6) is 0.922. The van der Waals surface area contributed by atoms with Gasteiger partial charge in [-0.05, 0) is 24.8 Å². The fraction of sp³-hybridized carbons (Fsp3) is 0.467. The maximum atomic E-state index is 6.35. The third-order valence-corrected chi connectivity index (χ3v) is 4.61. The van der Waals surface area contributed by atoms with E-state index in [-0.39, 0.29) is 5.38 Å². The summed E-state index contributed by atoms with van der Waals surface area (Å²) in [5.41, 5.74) is 3.13. The summed E-state index contributed by atoms with van der Waals surface area (Å²) >= 11 is 8.10. The molecular weight excluding hydrogens is 304 g/mol. The van der Waals surface area contributed by atoms with Crippen molar-refractivity contribution in [1.82, 2.24) is 19.3 Å². The number of thiophene rings is 1. The molecule has 3 heterocycles. The number of alkyl halides is 1. The van der Waals surface area contributed by atoms with Gasteiger partial charge in [-0.25, -0.2) is 4.98 Å². The molecular formula is C15H19ClN4S. The first-order valence-electron chi connectivity index (χ1n) is 7.20. The van der Waals surface area contributed by atoms with E-state index in [4.69, 9.17) is 16.6 Å². The Kier molecular flexibility index (Phi) is 4.04. The molecule has 0 saturated heterocycles. The first-order valence-corrected chi connectivity index (χ1v) is 8.51. The molecule has 0 bridgehead atoms. The van der Waals surface area contributed by atoms with Gasteiger partial charge in [-0.3, -0.25) is 4.68 Å². The Morgan fingerprint density at radius 2 is 2.24 bits per heavy atom. The molecule has 21 heavy (non-hydrogen) atoms. The summed E-state index contributed by atoms with van der Waals surface area (Å²) in [5, 5.41) is 6.60. The van der Waals surface area contributed by atoms with E-state index >= 15 is 0 Å². The van der Waals surface area contributed by atoms with E-state index < -0.39 is 0 Å². The van der Waals surface area contributed by atoms with Crippen LogP contribution in [0, 0.1) is 0 Å². The highest BCUT2D eigenvalue weighted by atomic mass is 35.5. The largest absolute Gasteiger partial charge is 0.306 e. The van der Waals surface area contributed by atoms with Crippen molar-refractivity contribution in [3.8, 4) is 0 Å². The molecule has 112 valence electrons. The van der Waals surface area contributed by atoms with E-state index in [2.05, 4.69) is 34.1 Å². The predicted octanol–water partition coefficient (Wildman–Crippen LogP) is 4.13. The highest BCUT2D eigenvalue weighted by Crippen LogP contribution is 2.28. The predicted molar refractivity (Wildman–Crippen MR) is 88.2 cm³/mol. The third kappa shape index (κ3) is 2.60. The maximum Gasteiger partial charge on any atom is 0.159 e. The molecule has 3 aromatic heterocycles. The Bertz CT molecular complexity index is 739. The third-order valence-electron chi connectivity index (χ3n) is 3.56. The first-order chi connectivity index (χ1) is 10.1. The summed E-state index contributed by atoms with van der Waals surface area (Å²) in [6, 6.07) is 4.21. The van der Waals surface area contributed by atoms with Gasteiger partial charge >= 0.3 is 0 Å². The molecule has 0 radical (unpaired) electrons. The Morgan fingerprint density at radius 3 is 2.86 bits per heavy atom. The van der Waals surface area contributed by atoms with Gasteiger partial charge in [0, 0.05) is 11.9 Å². The van der Waals surface area contributed by atoms with Crippen LogP contribution in [0.3, 0.4) is 0 Å². The van der Waals surface area contributed by atoms with E-state index in [9.17, 15) is 0 Å². The molecule has 0 spiro atoms. The molecule has 0 aromatic carbocycles. The van der Waals surface area contributed by atoms with Crippen molar-refractivity contribution in [2.45, 2.75) is 38.6 Å². The maximum absolute atomic E-state index is 6.35. The van der Waals surface area contributed by atoms with Crippen molar-refractivity contribution >= 4 is 34.1 Å². The van der Waals surface area contributed by atoms with Gasteiger partial charge in [-0.1, -0.05) is 19.4 Å². The van der Waals surface area contributed by atoms with E-state index in [1.807, 2.05) is 18.7 Å².